The van der Waals surface area contributed by atoms with E-state index in [0.29, 0.717) is 36.8 Å². The SMILES string of the molecule is Cc1cc(-c2cncnc2)cc([C@H]2CCCN(C(=O)c3ccc4c(c3)OCCO4)C2)n1. The second-order valence-electron chi connectivity index (χ2n) is 8.00. The largest absolute Gasteiger partial charge is 0.486 e. The van der Waals surface area contributed by atoms with Crippen LogP contribution in [0.5, 0.6) is 11.5 Å². The molecule has 0 saturated carbocycles. The smallest absolute Gasteiger partial charge is 0.254 e. The molecule has 3 aromatic rings. The first-order valence-corrected chi connectivity index (χ1v) is 10.6. The van der Waals surface area contributed by atoms with E-state index in [1.54, 1.807) is 6.07 Å². The number of fused-ring (bicyclic) bond motifs is 1. The zero-order chi connectivity index (χ0) is 21.2. The number of aromatic nitrogens is 3. The summed E-state index contributed by atoms with van der Waals surface area (Å²) in [6, 6.07) is 9.58. The maximum atomic E-state index is 13.2. The third kappa shape index (κ3) is 4.08. The molecule has 7 heteroatoms. The number of hydrogen-bond acceptors (Lipinski definition) is 6. The molecule has 0 N–H and O–H groups in total. The number of benzene rings is 1. The second-order valence-corrected chi connectivity index (χ2v) is 8.00. The Kier molecular flexibility index (Phi) is 5.24. The van der Waals surface area contributed by atoms with Gasteiger partial charge in [0.1, 0.15) is 19.5 Å². The lowest BCUT2D eigenvalue weighted by molar-refractivity contribution is 0.0705. The van der Waals surface area contributed by atoms with Crippen molar-refractivity contribution in [3.05, 3.63) is 66.0 Å². The van der Waals surface area contributed by atoms with Crippen molar-refractivity contribution in [1.29, 1.82) is 0 Å². The van der Waals surface area contributed by atoms with Gasteiger partial charge >= 0.3 is 0 Å². The van der Waals surface area contributed by atoms with E-state index in [1.165, 1.54) is 6.33 Å². The molecule has 2 aliphatic heterocycles. The van der Waals surface area contributed by atoms with E-state index in [9.17, 15) is 4.79 Å². The highest BCUT2D eigenvalue weighted by Crippen LogP contribution is 2.33. The molecule has 0 radical (unpaired) electrons. The molecule has 0 bridgehead atoms. The van der Waals surface area contributed by atoms with Gasteiger partial charge in [0.25, 0.3) is 5.91 Å². The normalized spacial score (nSPS) is 18.0. The molecule has 1 amide bonds. The highest BCUT2D eigenvalue weighted by molar-refractivity contribution is 5.95. The number of amides is 1. The lowest BCUT2D eigenvalue weighted by atomic mass is 9.92. The molecule has 4 heterocycles. The van der Waals surface area contributed by atoms with Gasteiger partial charge in [-0.2, -0.15) is 0 Å². The summed E-state index contributed by atoms with van der Waals surface area (Å²) in [7, 11) is 0. The summed E-state index contributed by atoms with van der Waals surface area (Å²) in [5.74, 6) is 1.55. The Bertz CT molecular complexity index is 1100. The molecule has 158 valence electrons. The van der Waals surface area contributed by atoms with Gasteiger partial charge in [-0.05, 0) is 55.7 Å². The number of rotatable bonds is 3. The molecule has 2 aliphatic rings. The summed E-state index contributed by atoms with van der Waals surface area (Å²) in [6.07, 6.45) is 7.10. The molecular weight excluding hydrogens is 392 g/mol. The molecule has 5 rings (SSSR count). The summed E-state index contributed by atoms with van der Waals surface area (Å²) in [5.41, 5.74) is 4.61. The van der Waals surface area contributed by atoms with Gasteiger partial charge in [-0.3, -0.25) is 9.78 Å². The van der Waals surface area contributed by atoms with Crippen molar-refractivity contribution < 1.29 is 14.3 Å². The van der Waals surface area contributed by atoms with E-state index >= 15 is 0 Å². The van der Waals surface area contributed by atoms with Crippen LogP contribution in [0.2, 0.25) is 0 Å². The molecule has 0 aliphatic carbocycles. The number of carbonyl (C=O) groups is 1. The predicted octanol–water partition coefficient (Wildman–Crippen LogP) is 3.64. The lowest BCUT2D eigenvalue weighted by Gasteiger charge is -2.33. The molecule has 1 saturated heterocycles. The first-order valence-electron chi connectivity index (χ1n) is 10.6. The molecule has 1 atom stereocenters. The molecule has 0 unspecified atom stereocenters. The van der Waals surface area contributed by atoms with Crippen LogP contribution in [0.1, 0.15) is 40.5 Å². The lowest BCUT2D eigenvalue weighted by Crippen LogP contribution is -2.39. The van der Waals surface area contributed by atoms with Crippen molar-refractivity contribution in [1.82, 2.24) is 19.9 Å². The fourth-order valence-electron chi connectivity index (χ4n) is 4.28. The highest BCUT2D eigenvalue weighted by Gasteiger charge is 2.27. The average Bonchev–Trinajstić information content (AvgIpc) is 2.83. The predicted molar refractivity (Wildman–Crippen MR) is 115 cm³/mol. The highest BCUT2D eigenvalue weighted by atomic mass is 16.6. The van der Waals surface area contributed by atoms with Gasteiger partial charge in [-0.15, -0.1) is 0 Å². The van der Waals surface area contributed by atoms with E-state index < -0.39 is 0 Å². The van der Waals surface area contributed by atoms with E-state index in [1.807, 2.05) is 42.4 Å². The minimum atomic E-state index is 0.0195. The van der Waals surface area contributed by atoms with Gasteiger partial charge in [0.2, 0.25) is 0 Å². The van der Waals surface area contributed by atoms with Gasteiger partial charge < -0.3 is 14.4 Å². The fraction of sp³-hybridized carbons (Fsp3) is 0.333. The summed E-state index contributed by atoms with van der Waals surface area (Å²) in [5, 5.41) is 0. The van der Waals surface area contributed by atoms with Gasteiger partial charge in [0, 0.05) is 53.9 Å². The van der Waals surface area contributed by atoms with Crippen LogP contribution >= 0.6 is 0 Å². The maximum absolute atomic E-state index is 13.2. The number of carbonyl (C=O) groups excluding carboxylic acids is 1. The summed E-state index contributed by atoms with van der Waals surface area (Å²) < 4.78 is 11.2. The van der Waals surface area contributed by atoms with Gasteiger partial charge in [-0.1, -0.05) is 0 Å². The van der Waals surface area contributed by atoms with Crippen LogP contribution in [0.4, 0.5) is 0 Å². The van der Waals surface area contributed by atoms with Crippen LogP contribution in [0.15, 0.2) is 49.1 Å². The third-order valence-corrected chi connectivity index (χ3v) is 5.78. The zero-order valence-corrected chi connectivity index (χ0v) is 17.5. The standard InChI is InChI=1S/C24H24N4O3/c1-16-9-19(20-12-25-15-26-13-20)10-21(27-16)18-3-2-6-28(14-18)24(29)17-4-5-22-23(11-17)31-8-7-30-22/h4-5,9-13,15,18H,2-3,6-8,14H2,1H3/t18-/m0/s1. The van der Waals surface area contributed by atoms with Crippen molar-refractivity contribution >= 4 is 5.91 Å². The first-order chi connectivity index (χ1) is 15.2. The first kappa shape index (κ1) is 19.5. The molecule has 31 heavy (non-hydrogen) atoms. The molecule has 1 aromatic carbocycles. The van der Waals surface area contributed by atoms with Crippen LogP contribution < -0.4 is 9.47 Å². The summed E-state index contributed by atoms with van der Waals surface area (Å²) in [6.45, 7) is 4.43. The van der Waals surface area contributed by atoms with Crippen molar-refractivity contribution in [3.8, 4) is 22.6 Å². The topological polar surface area (TPSA) is 77.4 Å². The fourth-order valence-corrected chi connectivity index (χ4v) is 4.28. The Morgan fingerprint density at radius 2 is 1.84 bits per heavy atom. The van der Waals surface area contributed by atoms with Crippen LogP contribution in [0.25, 0.3) is 11.1 Å². The molecular formula is C24H24N4O3. The number of nitrogens with zero attached hydrogens (tertiary/aromatic N) is 4. The van der Waals surface area contributed by atoms with Crippen LogP contribution in [-0.4, -0.2) is 52.1 Å². The maximum Gasteiger partial charge on any atom is 0.254 e. The van der Waals surface area contributed by atoms with Crippen LogP contribution in [0.3, 0.4) is 0 Å². The number of hydrogen-bond donors (Lipinski definition) is 0. The molecule has 2 aromatic heterocycles. The van der Waals surface area contributed by atoms with Gasteiger partial charge in [-0.25, -0.2) is 9.97 Å². The number of aryl methyl sites for hydroxylation is 1. The van der Waals surface area contributed by atoms with E-state index in [-0.39, 0.29) is 11.8 Å². The number of pyridine rings is 1. The monoisotopic (exact) mass is 416 g/mol. The van der Waals surface area contributed by atoms with E-state index in [4.69, 9.17) is 14.5 Å². The summed E-state index contributed by atoms with van der Waals surface area (Å²) in [4.78, 5) is 28.2. The Hall–Kier alpha value is -3.48. The Morgan fingerprint density at radius 1 is 1.03 bits per heavy atom. The quantitative estimate of drug-likeness (QED) is 0.649. The number of piperidine rings is 1. The van der Waals surface area contributed by atoms with Crippen LogP contribution in [0, 0.1) is 6.92 Å². The van der Waals surface area contributed by atoms with Crippen molar-refractivity contribution in [2.75, 3.05) is 26.3 Å². The third-order valence-electron chi connectivity index (χ3n) is 5.78. The second kappa shape index (κ2) is 8.34. The average molecular weight is 416 g/mol. The van der Waals surface area contributed by atoms with Crippen molar-refractivity contribution in [2.24, 2.45) is 0 Å². The minimum absolute atomic E-state index is 0.0195. The molecule has 0 spiro atoms. The Labute approximate surface area is 181 Å². The van der Waals surface area contributed by atoms with Crippen molar-refractivity contribution in [2.45, 2.75) is 25.7 Å². The molecule has 1 fully saturated rings. The van der Waals surface area contributed by atoms with Crippen LogP contribution in [-0.2, 0) is 0 Å². The number of likely N-dealkylation sites (tertiary alicyclic amines) is 1. The van der Waals surface area contributed by atoms with E-state index in [0.717, 1.165) is 41.9 Å². The zero-order valence-electron chi connectivity index (χ0n) is 17.5. The molecule has 7 nitrogen and oxygen atoms in total. The minimum Gasteiger partial charge on any atom is -0.486 e. The van der Waals surface area contributed by atoms with E-state index in [2.05, 4.69) is 16.0 Å². The number of ether oxygens (including phenoxy) is 2. The Balaban J connectivity index is 1.37. The Morgan fingerprint density at radius 3 is 2.68 bits per heavy atom. The van der Waals surface area contributed by atoms with Crippen molar-refractivity contribution in [3.63, 3.8) is 0 Å². The van der Waals surface area contributed by atoms with Gasteiger partial charge in [0.15, 0.2) is 11.5 Å². The van der Waals surface area contributed by atoms with Gasteiger partial charge in [0.05, 0.1) is 0 Å². The summed E-state index contributed by atoms with van der Waals surface area (Å²) >= 11 is 0.